The molecule has 2 fully saturated rings. The second-order valence-electron chi connectivity index (χ2n) is 4.56. The highest BCUT2D eigenvalue weighted by Crippen LogP contribution is 2.30. The van der Waals surface area contributed by atoms with Crippen molar-refractivity contribution in [1.82, 2.24) is 0 Å². The van der Waals surface area contributed by atoms with E-state index < -0.39 is 12.3 Å². The second kappa shape index (κ2) is 9.56. The van der Waals surface area contributed by atoms with Gasteiger partial charge in [-0.05, 0) is 25.7 Å². The number of carbonyl (C=O) groups excluding carboxylic acids is 2. The van der Waals surface area contributed by atoms with Crippen molar-refractivity contribution in [1.29, 1.82) is 0 Å². The summed E-state index contributed by atoms with van der Waals surface area (Å²) in [4.78, 5) is 39.6. The average molecular weight is 306 g/mol. The summed E-state index contributed by atoms with van der Waals surface area (Å²) < 4.78 is 4.78. The molecule has 2 aliphatic carbocycles. The molecule has 21 heavy (non-hydrogen) atoms. The number of esters is 2. The Kier molecular flexibility index (Phi) is 8.51. The van der Waals surface area contributed by atoms with Crippen LogP contribution in [-0.2, 0) is 14.3 Å². The van der Waals surface area contributed by atoms with E-state index in [0.29, 0.717) is 0 Å². The van der Waals surface area contributed by atoms with Crippen LogP contribution in [0, 0.1) is 11.8 Å². The van der Waals surface area contributed by atoms with Gasteiger partial charge in [0.15, 0.2) is 0 Å². The molecule has 0 heterocycles. The lowest BCUT2D eigenvalue weighted by molar-refractivity contribution is -0.168. The van der Waals surface area contributed by atoms with Gasteiger partial charge in [-0.25, -0.2) is 9.59 Å². The fourth-order valence-electron chi connectivity index (χ4n) is 1.55. The third-order valence-corrected chi connectivity index (χ3v) is 3.08. The molecule has 2 aliphatic rings. The molecule has 2 saturated carbocycles. The first kappa shape index (κ1) is 18.7. The molecule has 4 N–H and O–H groups in total. The average Bonchev–Trinajstić information content (AvgIpc) is 2.07. The maximum atomic E-state index is 11.2. The Morgan fingerprint density at radius 3 is 1.05 bits per heavy atom. The van der Waals surface area contributed by atoms with Crippen LogP contribution >= 0.6 is 0 Å². The maximum Gasteiger partial charge on any atom is 0.503 e. The number of rotatable bonds is 2. The molecule has 0 bridgehead atoms. The van der Waals surface area contributed by atoms with Gasteiger partial charge in [0, 0.05) is 0 Å². The third kappa shape index (κ3) is 9.25. The van der Waals surface area contributed by atoms with E-state index in [-0.39, 0.29) is 23.8 Å². The van der Waals surface area contributed by atoms with Crippen LogP contribution in [0.15, 0.2) is 0 Å². The summed E-state index contributed by atoms with van der Waals surface area (Å²) in [7, 11) is 0. The lowest BCUT2D eigenvalue weighted by atomic mass is 9.84. The minimum atomic E-state index is -1.83. The highest BCUT2D eigenvalue weighted by molar-refractivity contribution is 5.88. The Labute approximate surface area is 120 Å². The smallest absolute Gasteiger partial charge is 0.450 e. The minimum absolute atomic E-state index is 0.0176. The van der Waals surface area contributed by atoms with E-state index in [1.54, 1.807) is 0 Å². The molecule has 0 aromatic carbocycles. The summed E-state index contributed by atoms with van der Waals surface area (Å²) in [5, 5.41) is 27.9. The van der Waals surface area contributed by atoms with E-state index in [2.05, 4.69) is 0 Å². The van der Waals surface area contributed by atoms with Gasteiger partial charge in [0.25, 0.3) is 0 Å². The zero-order valence-electron chi connectivity index (χ0n) is 11.2. The van der Waals surface area contributed by atoms with Gasteiger partial charge in [0.1, 0.15) is 0 Å². The third-order valence-electron chi connectivity index (χ3n) is 3.08. The molecule has 9 nitrogen and oxygen atoms in total. The molecule has 120 valence electrons. The Morgan fingerprint density at radius 2 is 0.905 bits per heavy atom. The van der Waals surface area contributed by atoms with E-state index in [9.17, 15) is 9.59 Å². The van der Waals surface area contributed by atoms with Crippen molar-refractivity contribution >= 4 is 24.2 Å². The van der Waals surface area contributed by atoms with Crippen molar-refractivity contribution in [2.45, 2.75) is 38.5 Å². The zero-order chi connectivity index (χ0) is 16.4. The normalized spacial score (nSPS) is 16.6. The predicted molar refractivity (Wildman–Crippen MR) is 67.1 cm³/mol. The largest absolute Gasteiger partial charge is 0.503 e. The lowest BCUT2D eigenvalue weighted by Gasteiger charge is -2.26. The summed E-state index contributed by atoms with van der Waals surface area (Å²) in [5.41, 5.74) is 0. The number of carboxylic acid groups (broad SMARTS) is 4. The molecule has 0 aliphatic heterocycles. The molecular weight excluding hydrogens is 288 g/mol. The van der Waals surface area contributed by atoms with Crippen molar-refractivity contribution in [3.63, 3.8) is 0 Å². The van der Waals surface area contributed by atoms with Crippen LogP contribution in [0.4, 0.5) is 9.59 Å². The first-order chi connectivity index (χ1) is 9.73. The Bertz CT molecular complexity index is 338. The number of carbonyl (C=O) groups is 4. The quantitative estimate of drug-likeness (QED) is 0.442. The monoisotopic (exact) mass is 306 g/mol. The van der Waals surface area contributed by atoms with Crippen molar-refractivity contribution < 1.29 is 44.3 Å². The maximum absolute atomic E-state index is 11.2. The number of ether oxygens (including phenoxy) is 1. The Balaban J connectivity index is 0.000000421. The van der Waals surface area contributed by atoms with Crippen LogP contribution in [0.25, 0.3) is 0 Å². The molecule has 0 saturated heterocycles. The number of hydrogen-bond acceptors (Lipinski definition) is 5. The summed E-state index contributed by atoms with van der Waals surface area (Å²) in [5.74, 6) is -0.542. The minimum Gasteiger partial charge on any atom is -0.450 e. The molecule has 0 unspecified atom stereocenters. The van der Waals surface area contributed by atoms with E-state index in [1.165, 1.54) is 0 Å². The van der Waals surface area contributed by atoms with Crippen molar-refractivity contribution in [2.75, 3.05) is 0 Å². The van der Waals surface area contributed by atoms with Crippen LogP contribution in [0.2, 0.25) is 0 Å². The van der Waals surface area contributed by atoms with E-state index in [1.807, 2.05) is 0 Å². The Hall–Kier alpha value is -2.32. The van der Waals surface area contributed by atoms with Gasteiger partial charge in [0.05, 0.1) is 11.8 Å². The molecular formula is C12H18O9. The van der Waals surface area contributed by atoms with Gasteiger partial charge < -0.3 is 25.2 Å². The van der Waals surface area contributed by atoms with Gasteiger partial charge >= 0.3 is 24.2 Å². The summed E-state index contributed by atoms with van der Waals surface area (Å²) >= 11 is 0. The van der Waals surface area contributed by atoms with Gasteiger partial charge in [-0.2, -0.15) is 0 Å². The van der Waals surface area contributed by atoms with Gasteiger partial charge in [-0.15, -0.1) is 0 Å². The zero-order valence-corrected chi connectivity index (χ0v) is 11.2. The standard InChI is InChI=1S/C10H14O3.2CH2O3/c11-9(7-3-1-4-7)13-10(12)8-5-2-6-8;2*2-1(3)4/h7-8H,1-6H2;2*(H2,2,3,4). The first-order valence-corrected chi connectivity index (χ1v) is 6.33. The van der Waals surface area contributed by atoms with Crippen LogP contribution in [-0.4, -0.2) is 44.7 Å². The Morgan fingerprint density at radius 1 is 0.667 bits per heavy atom. The summed E-state index contributed by atoms with van der Waals surface area (Å²) in [6.07, 6.45) is 2.12. The predicted octanol–water partition coefficient (Wildman–Crippen LogP) is 2.10. The SMILES string of the molecule is O=C(O)O.O=C(O)O.O=C(OC(=O)C1CCC1)C1CCC1. The molecule has 0 radical (unpaired) electrons. The molecule has 0 spiro atoms. The van der Waals surface area contributed by atoms with Crippen LogP contribution in [0.3, 0.4) is 0 Å². The van der Waals surface area contributed by atoms with Gasteiger partial charge in [-0.1, -0.05) is 12.8 Å². The number of hydrogen-bond donors (Lipinski definition) is 4. The highest BCUT2D eigenvalue weighted by Gasteiger charge is 2.33. The van der Waals surface area contributed by atoms with E-state index >= 15 is 0 Å². The van der Waals surface area contributed by atoms with Crippen molar-refractivity contribution in [3.05, 3.63) is 0 Å². The molecule has 0 aromatic rings. The van der Waals surface area contributed by atoms with Crippen LogP contribution in [0.1, 0.15) is 38.5 Å². The molecule has 0 atom stereocenters. The van der Waals surface area contributed by atoms with Crippen molar-refractivity contribution in [3.8, 4) is 0 Å². The molecule has 9 heteroatoms. The highest BCUT2D eigenvalue weighted by atomic mass is 16.6. The fraction of sp³-hybridized carbons (Fsp3) is 0.667. The van der Waals surface area contributed by atoms with Crippen LogP contribution in [0.5, 0.6) is 0 Å². The fourth-order valence-corrected chi connectivity index (χ4v) is 1.55. The summed E-state index contributed by atoms with van der Waals surface area (Å²) in [6.45, 7) is 0. The molecule has 0 aromatic heterocycles. The van der Waals surface area contributed by atoms with E-state index in [0.717, 1.165) is 38.5 Å². The van der Waals surface area contributed by atoms with E-state index in [4.69, 9.17) is 34.8 Å². The second-order valence-corrected chi connectivity index (χ2v) is 4.56. The molecule has 2 rings (SSSR count). The molecule has 0 amide bonds. The summed E-state index contributed by atoms with van der Waals surface area (Å²) in [6, 6.07) is 0. The first-order valence-electron chi connectivity index (χ1n) is 6.33. The lowest BCUT2D eigenvalue weighted by Crippen LogP contribution is -2.31. The van der Waals surface area contributed by atoms with Gasteiger partial charge in [-0.3, -0.25) is 9.59 Å². The topological polar surface area (TPSA) is 158 Å². The van der Waals surface area contributed by atoms with Crippen LogP contribution < -0.4 is 0 Å². The van der Waals surface area contributed by atoms with Crippen molar-refractivity contribution in [2.24, 2.45) is 11.8 Å². The van der Waals surface area contributed by atoms with Gasteiger partial charge in [0.2, 0.25) is 0 Å².